The molecular weight excluding hydrogens is 322 g/mol. The molecule has 0 saturated carbocycles. The molecule has 1 aliphatic heterocycles. The second-order valence-electron chi connectivity index (χ2n) is 5.32. The van der Waals surface area contributed by atoms with Crippen molar-refractivity contribution in [1.29, 1.82) is 0 Å². The van der Waals surface area contributed by atoms with Crippen molar-refractivity contribution in [3.05, 3.63) is 38.8 Å². The summed E-state index contributed by atoms with van der Waals surface area (Å²) >= 11 is 7.18. The van der Waals surface area contributed by atoms with Crippen molar-refractivity contribution >= 4 is 28.8 Å². The minimum atomic E-state index is -0.0689. The minimum absolute atomic E-state index is 0.00402. The van der Waals surface area contributed by atoms with Crippen LogP contribution in [-0.2, 0) is 0 Å². The Kier molecular flexibility index (Phi) is 4.31. The molecule has 1 fully saturated rings. The Labute approximate surface area is 137 Å². The number of likely N-dealkylation sites (tertiary alicyclic amines) is 1. The monoisotopic (exact) mass is 337 g/mol. The topological polar surface area (TPSA) is 55.3 Å². The van der Waals surface area contributed by atoms with E-state index >= 15 is 0 Å². The lowest BCUT2D eigenvalue weighted by Crippen LogP contribution is -2.30. The van der Waals surface area contributed by atoms with Crippen molar-refractivity contribution in [2.75, 3.05) is 13.1 Å². The number of hydrogen-bond donors (Lipinski definition) is 0. The van der Waals surface area contributed by atoms with Crippen LogP contribution >= 0.6 is 22.9 Å². The van der Waals surface area contributed by atoms with Gasteiger partial charge < -0.3 is 9.64 Å². The molecule has 1 saturated heterocycles. The highest BCUT2D eigenvalue weighted by molar-refractivity contribution is 7.17. The van der Waals surface area contributed by atoms with Crippen molar-refractivity contribution < 1.29 is 9.53 Å². The zero-order chi connectivity index (χ0) is 15.7. The quantitative estimate of drug-likeness (QED) is 0.863. The van der Waals surface area contributed by atoms with Crippen LogP contribution in [0.1, 0.15) is 27.5 Å². The van der Waals surface area contributed by atoms with Gasteiger partial charge >= 0.3 is 6.01 Å². The van der Waals surface area contributed by atoms with Crippen LogP contribution in [0.4, 0.5) is 0 Å². The van der Waals surface area contributed by atoms with Crippen molar-refractivity contribution in [2.24, 2.45) is 0 Å². The van der Waals surface area contributed by atoms with Crippen LogP contribution in [0, 0.1) is 13.8 Å². The van der Waals surface area contributed by atoms with E-state index in [4.69, 9.17) is 16.3 Å². The molecule has 1 aliphatic rings. The lowest BCUT2D eigenvalue weighted by Gasteiger charge is -2.16. The Morgan fingerprint density at radius 3 is 2.73 bits per heavy atom. The summed E-state index contributed by atoms with van der Waals surface area (Å²) in [5.41, 5.74) is 1.75. The molecule has 116 valence electrons. The number of aromatic nitrogens is 2. The number of aryl methyl sites for hydroxylation is 2. The van der Waals surface area contributed by atoms with E-state index in [1.54, 1.807) is 17.0 Å². The number of amides is 1. The van der Waals surface area contributed by atoms with Gasteiger partial charge in [0.2, 0.25) is 0 Å². The van der Waals surface area contributed by atoms with E-state index in [2.05, 4.69) is 9.97 Å². The van der Waals surface area contributed by atoms with Gasteiger partial charge in [0, 0.05) is 24.4 Å². The van der Waals surface area contributed by atoms with Gasteiger partial charge in [-0.25, -0.2) is 9.97 Å². The summed E-state index contributed by atoms with van der Waals surface area (Å²) < 4.78 is 6.44. The first-order valence-corrected chi connectivity index (χ1v) is 8.24. The van der Waals surface area contributed by atoms with E-state index in [9.17, 15) is 4.79 Å². The number of carbonyl (C=O) groups excluding carboxylic acids is 1. The molecule has 2 aromatic rings. The van der Waals surface area contributed by atoms with Gasteiger partial charge in [0.1, 0.15) is 6.10 Å². The van der Waals surface area contributed by atoms with Crippen LogP contribution in [0.15, 0.2) is 18.2 Å². The van der Waals surface area contributed by atoms with E-state index < -0.39 is 0 Å². The molecule has 0 unspecified atom stereocenters. The minimum Gasteiger partial charge on any atom is -0.458 e. The fraction of sp³-hybridized carbons (Fsp3) is 0.400. The molecule has 0 spiro atoms. The zero-order valence-corrected chi connectivity index (χ0v) is 13.9. The standard InChI is InChI=1S/C15H16ClN3O2S/c1-9-7-10(2)18-15(17-9)21-11-5-6-19(8-11)14(20)12-3-4-13(16)22-12/h3-4,7,11H,5-6,8H2,1-2H3/t11-/m1/s1. The summed E-state index contributed by atoms with van der Waals surface area (Å²) in [6.45, 7) is 5.04. The van der Waals surface area contributed by atoms with Crippen molar-refractivity contribution in [3.8, 4) is 6.01 Å². The first kappa shape index (κ1) is 15.2. The van der Waals surface area contributed by atoms with E-state index in [0.717, 1.165) is 17.8 Å². The van der Waals surface area contributed by atoms with Gasteiger partial charge in [0.15, 0.2) is 0 Å². The number of hydrogen-bond acceptors (Lipinski definition) is 5. The van der Waals surface area contributed by atoms with Crippen molar-refractivity contribution in [2.45, 2.75) is 26.4 Å². The Morgan fingerprint density at radius 2 is 2.09 bits per heavy atom. The zero-order valence-electron chi connectivity index (χ0n) is 12.4. The predicted molar refractivity (Wildman–Crippen MR) is 85.8 cm³/mol. The fourth-order valence-electron chi connectivity index (χ4n) is 2.49. The van der Waals surface area contributed by atoms with Crippen LogP contribution in [0.2, 0.25) is 4.34 Å². The van der Waals surface area contributed by atoms with Gasteiger partial charge in [-0.3, -0.25) is 4.79 Å². The smallest absolute Gasteiger partial charge is 0.317 e. The largest absolute Gasteiger partial charge is 0.458 e. The number of ether oxygens (including phenoxy) is 1. The fourth-order valence-corrected chi connectivity index (χ4v) is 3.50. The maximum absolute atomic E-state index is 12.4. The van der Waals surface area contributed by atoms with Crippen LogP contribution in [0.5, 0.6) is 6.01 Å². The number of nitrogens with zero attached hydrogens (tertiary/aromatic N) is 3. The third kappa shape index (κ3) is 3.39. The average Bonchev–Trinajstić information content (AvgIpc) is 3.06. The molecule has 0 N–H and O–H groups in total. The molecule has 7 heteroatoms. The highest BCUT2D eigenvalue weighted by atomic mass is 35.5. The second kappa shape index (κ2) is 6.22. The van der Waals surface area contributed by atoms with Crippen LogP contribution in [0.25, 0.3) is 0 Å². The maximum atomic E-state index is 12.4. The summed E-state index contributed by atoms with van der Waals surface area (Å²) in [7, 11) is 0. The lowest BCUT2D eigenvalue weighted by atomic mass is 10.3. The number of thiophene rings is 1. The summed E-state index contributed by atoms with van der Waals surface area (Å²) in [6, 6.07) is 5.79. The third-order valence-corrected chi connectivity index (χ3v) is 4.67. The highest BCUT2D eigenvalue weighted by Gasteiger charge is 2.29. The molecule has 2 aromatic heterocycles. The summed E-state index contributed by atoms with van der Waals surface area (Å²) in [5.74, 6) is 0.00402. The van der Waals surface area contributed by atoms with Crippen LogP contribution in [-0.4, -0.2) is 40.0 Å². The Morgan fingerprint density at radius 1 is 1.36 bits per heavy atom. The summed E-state index contributed by atoms with van der Waals surface area (Å²) in [5, 5.41) is 0. The number of carbonyl (C=O) groups is 1. The normalized spacial score (nSPS) is 17.8. The Hall–Kier alpha value is -1.66. The summed E-state index contributed by atoms with van der Waals surface area (Å²) in [6.07, 6.45) is 0.710. The molecule has 0 radical (unpaired) electrons. The predicted octanol–water partition coefficient (Wildman–Crippen LogP) is 3.10. The van der Waals surface area contributed by atoms with Crippen LogP contribution < -0.4 is 4.74 Å². The molecule has 3 heterocycles. The van der Waals surface area contributed by atoms with E-state index in [0.29, 0.717) is 28.3 Å². The van der Waals surface area contributed by atoms with Crippen LogP contribution in [0.3, 0.4) is 0 Å². The van der Waals surface area contributed by atoms with E-state index in [1.807, 2.05) is 19.9 Å². The second-order valence-corrected chi connectivity index (χ2v) is 7.03. The van der Waals surface area contributed by atoms with E-state index in [-0.39, 0.29) is 12.0 Å². The van der Waals surface area contributed by atoms with E-state index in [1.165, 1.54) is 11.3 Å². The number of halogens is 1. The summed E-state index contributed by atoms with van der Waals surface area (Å²) in [4.78, 5) is 23.4. The molecule has 0 aromatic carbocycles. The van der Waals surface area contributed by atoms with Gasteiger partial charge in [0.25, 0.3) is 5.91 Å². The van der Waals surface area contributed by atoms with Gasteiger partial charge in [-0.15, -0.1) is 11.3 Å². The van der Waals surface area contributed by atoms with Crippen molar-refractivity contribution in [3.63, 3.8) is 0 Å². The molecule has 1 amide bonds. The van der Waals surface area contributed by atoms with Gasteiger partial charge in [-0.2, -0.15) is 0 Å². The first-order valence-electron chi connectivity index (χ1n) is 7.05. The molecule has 0 aliphatic carbocycles. The van der Waals surface area contributed by atoms with Crippen molar-refractivity contribution in [1.82, 2.24) is 14.9 Å². The molecule has 1 atom stereocenters. The molecule has 0 bridgehead atoms. The average molecular weight is 338 g/mol. The van der Waals surface area contributed by atoms with Gasteiger partial charge in [0.05, 0.1) is 15.8 Å². The molecule has 3 rings (SSSR count). The first-order chi connectivity index (χ1) is 10.5. The molecular formula is C15H16ClN3O2S. The molecule has 5 nitrogen and oxygen atoms in total. The maximum Gasteiger partial charge on any atom is 0.317 e. The van der Waals surface area contributed by atoms with Gasteiger partial charge in [-0.1, -0.05) is 11.6 Å². The Balaban J connectivity index is 1.63. The SMILES string of the molecule is Cc1cc(C)nc(O[C@@H]2CCN(C(=O)c3ccc(Cl)s3)C2)n1. The number of rotatable bonds is 3. The third-order valence-electron chi connectivity index (χ3n) is 3.45. The highest BCUT2D eigenvalue weighted by Crippen LogP contribution is 2.25. The Bertz CT molecular complexity index is 684. The van der Waals surface area contributed by atoms with Gasteiger partial charge in [-0.05, 0) is 32.0 Å². The lowest BCUT2D eigenvalue weighted by molar-refractivity contribution is 0.0774. The molecule has 22 heavy (non-hydrogen) atoms.